The molecule has 0 spiro atoms. The van der Waals surface area contributed by atoms with Gasteiger partial charge >= 0.3 is 0 Å². The molecule has 0 atom stereocenters. The van der Waals surface area contributed by atoms with E-state index in [1.807, 2.05) is 37.3 Å². The number of anilines is 2. The molecule has 3 aromatic rings. The number of methoxy groups -OCH3 is 1. The molecule has 1 heterocycles. The van der Waals surface area contributed by atoms with Crippen LogP contribution in [-0.4, -0.2) is 24.5 Å². The molecule has 0 radical (unpaired) electrons. The number of benzene rings is 2. The topological polar surface area (TPSA) is 63.2 Å². The third-order valence-corrected chi connectivity index (χ3v) is 4.58. The first kappa shape index (κ1) is 19.7. The molecular weight excluding hydrogens is 374 g/mol. The Labute approximate surface area is 169 Å². The largest absolute Gasteiger partial charge is 0.496 e. The molecule has 28 heavy (non-hydrogen) atoms. The van der Waals surface area contributed by atoms with Crippen molar-refractivity contribution in [2.75, 3.05) is 24.3 Å². The van der Waals surface area contributed by atoms with Crippen LogP contribution < -0.4 is 15.4 Å². The number of para-hydroxylation sites is 1. The molecule has 1 aromatic heterocycles. The molecule has 0 aliphatic carbocycles. The normalized spacial score (nSPS) is 10.4. The maximum atomic E-state index is 12.4. The minimum absolute atomic E-state index is 0.258. The molecule has 0 unspecified atom stereocenters. The van der Waals surface area contributed by atoms with E-state index in [0.717, 1.165) is 41.2 Å². The Bertz CT molecular complexity index is 958. The molecule has 0 fully saturated rings. The lowest BCUT2D eigenvalue weighted by Gasteiger charge is -2.11. The van der Waals surface area contributed by atoms with Crippen LogP contribution in [0.15, 0.2) is 60.8 Å². The number of pyridine rings is 1. The van der Waals surface area contributed by atoms with E-state index in [4.69, 9.17) is 16.3 Å². The second-order valence-electron chi connectivity index (χ2n) is 6.33. The number of amides is 1. The summed E-state index contributed by atoms with van der Waals surface area (Å²) in [6.45, 7) is 2.63. The summed E-state index contributed by atoms with van der Waals surface area (Å²) in [5.74, 6) is 0.623. The molecule has 2 N–H and O–H groups in total. The summed E-state index contributed by atoms with van der Waals surface area (Å²) in [5.41, 5.74) is 3.96. The molecule has 0 aliphatic heterocycles. The zero-order valence-electron chi connectivity index (χ0n) is 15.8. The van der Waals surface area contributed by atoms with E-state index in [1.54, 1.807) is 37.6 Å². The van der Waals surface area contributed by atoms with Crippen molar-refractivity contribution in [2.45, 2.75) is 13.3 Å². The first-order valence-corrected chi connectivity index (χ1v) is 9.34. The van der Waals surface area contributed by atoms with Gasteiger partial charge in [0.25, 0.3) is 5.91 Å². The number of ether oxygens (including phenoxy) is 1. The summed E-state index contributed by atoms with van der Waals surface area (Å²) in [6, 6.07) is 16.8. The third kappa shape index (κ3) is 5.02. The van der Waals surface area contributed by atoms with Crippen molar-refractivity contribution in [2.24, 2.45) is 0 Å². The van der Waals surface area contributed by atoms with E-state index in [0.29, 0.717) is 10.7 Å². The van der Waals surface area contributed by atoms with Crippen LogP contribution in [0.4, 0.5) is 11.4 Å². The predicted molar refractivity (Wildman–Crippen MR) is 114 cm³/mol. The SMILES string of the molecule is COc1ccccc1CCNc1ccc(C(=O)Nc2ccc(Cl)cc2C)nc1. The molecule has 6 heteroatoms. The zero-order chi connectivity index (χ0) is 19.9. The Morgan fingerprint density at radius 2 is 1.96 bits per heavy atom. The number of rotatable bonds is 7. The van der Waals surface area contributed by atoms with E-state index in [9.17, 15) is 4.79 Å². The highest BCUT2D eigenvalue weighted by Crippen LogP contribution is 2.20. The standard InChI is InChI=1S/C22H22ClN3O2/c1-15-13-17(23)7-9-19(15)26-22(27)20-10-8-18(14-25-20)24-12-11-16-5-3-4-6-21(16)28-2/h3-10,13-14,24H,11-12H2,1-2H3,(H,26,27). The Kier molecular flexibility index (Phi) is 6.50. The number of hydrogen-bond donors (Lipinski definition) is 2. The molecular formula is C22H22ClN3O2. The van der Waals surface area contributed by atoms with E-state index in [-0.39, 0.29) is 5.91 Å². The molecule has 3 rings (SSSR count). The monoisotopic (exact) mass is 395 g/mol. The van der Waals surface area contributed by atoms with Crippen LogP contribution in [0.3, 0.4) is 0 Å². The average molecular weight is 396 g/mol. The fraction of sp³-hybridized carbons (Fsp3) is 0.182. The van der Waals surface area contributed by atoms with Crippen molar-refractivity contribution in [1.29, 1.82) is 0 Å². The molecule has 2 aromatic carbocycles. The molecule has 0 saturated heterocycles. The highest BCUT2D eigenvalue weighted by atomic mass is 35.5. The summed E-state index contributed by atoms with van der Waals surface area (Å²) in [7, 11) is 1.67. The van der Waals surface area contributed by atoms with Crippen LogP contribution in [0.1, 0.15) is 21.6 Å². The Morgan fingerprint density at radius 3 is 2.68 bits per heavy atom. The molecule has 0 aliphatic rings. The number of nitrogens with zero attached hydrogens (tertiary/aromatic N) is 1. The highest BCUT2D eigenvalue weighted by molar-refractivity contribution is 6.30. The van der Waals surface area contributed by atoms with Crippen molar-refractivity contribution < 1.29 is 9.53 Å². The summed E-state index contributed by atoms with van der Waals surface area (Å²) in [5, 5.41) is 6.80. The number of hydrogen-bond acceptors (Lipinski definition) is 4. The number of halogens is 1. The van der Waals surface area contributed by atoms with Crippen LogP contribution in [0.25, 0.3) is 0 Å². The van der Waals surface area contributed by atoms with Gasteiger partial charge in [-0.15, -0.1) is 0 Å². The van der Waals surface area contributed by atoms with Crippen LogP contribution in [0.5, 0.6) is 5.75 Å². The van der Waals surface area contributed by atoms with Gasteiger partial charge < -0.3 is 15.4 Å². The highest BCUT2D eigenvalue weighted by Gasteiger charge is 2.09. The van der Waals surface area contributed by atoms with Crippen molar-refractivity contribution in [3.05, 3.63) is 82.6 Å². The van der Waals surface area contributed by atoms with Gasteiger partial charge in [-0.3, -0.25) is 4.79 Å². The van der Waals surface area contributed by atoms with Gasteiger partial charge in [-0.1, -0.05) is 29.8 Å². The van der Waals surface area contributed by atoms with Crippen LogP contribution in [-0.2, 0) is 6.42 Å². The van der Waals surface area contributed by atoms with Crippen molar-refractivity contribution in [1.82, 2.24) is 4.98 Å². The lowest BCUT2D eigenvalue weighted by atomic mass is 10.1. The van der Waals surface area contributed by atoms with E-state index in [1.165, 1.54) is 0 Å². The van der Waals surface area contributed by atoms with Crippen LogP contribution in [0.2, 0.25) is 5.02 Å². The van der Waals surface area contributed by atoms with Gasteiger partial charge in [-0.25, -0.2) is 4.98 Å². The van der Waals surface area contributed by atoms with Gasteiger partial charge in [0.1, 0.15) is 11.4 Å². The van der Waals surface area contributed by atoms with Gasteiger partial charge in [-0.2, -0.15) is 0 Å². The maximum Gasteiger partial charge on any atom is 0.274 e. The first-order chi connectivity index (χ1) is 13.6. The summed E-state index contributed by atoms with van der Waals surface area (Å²) in [6.07, 6.45) is 2.48. The lowest BCUT2D eigenvalue weighted by Crippen LogP contribution is -2.14. The van der Waals surface area contributed by atoms with E-state index < -0.39 is 0 Å². The summed E-state index contributed by atoms with van der Waals surface area (Å²) < 4.78 is 5.36. The second kappa shape index (κ2) is 9.24. The van der Waals surface area contributed by atoms with Crippen molar-refractivity contribution in [3.8, 4) is 5.75 Å². The lowest BCUT2D eigenvalue weighted by molar-refractivity contribution is 0.102. The second-order valence-corrected chi connectivity index (χ2v) is 6.77. The predicted octanol–water partition coefficient (Wildman–Crippen LogP) is 4.96. The Morgan fingerprint density at radius 1 is 1.14 bits per heavy atom. The number of nitrogens with one attached hydrogen (secondary N) is 2. The fourth-order valence-corrected chi connectivity index (χ4v) is 3.06. The van der Waals surface area contributed by atoms with Crippen molar-refractivity contribution >= 4 is 28.9 Å². The van der Waals surface area contributed by atoms with Crippen LogP contribution >= 0.6 is 11.6 Å². The molecule has 144 valence electrons. The first-order valence-electron chi connectivity index (χ1n) is 8.96. The smallest absolute Gasteiger partial charge is 0.274 e. The number of aryl methyl sites for hydroxylation is 1. The fourth-order valence-electron chi connectivity index (χ4n) is 2.84. The number of carbonyl (C=O) groups excluding carboxylic acids is 1. The average Bonchev–Trinajstić information content (AvgIpc) is 2.71. The zero-order valence-corrected chi connectivity index (χ0v) is 16.6. The Balaban J connectivity index is 1.56. The van der Waals surface area contributed by atoms with Crippen LogP contribution in [0, 0.1) is 6.92 Å². The third-order valence-electron chi connectivity index (χ3n) is 4.35. The minimum Gasteiger partial charge on any atom is -0.496 e. The summed E-state index contributed by atoms with van der Waals surface area (Å²) >= 11 is 5.95. The van der Waals surface area contributed by atoms with Gasteiger partial charge in [0, 0.05) is 17.3 Å². The van der Waals surface area contributed by atoms with E-state index >= 15 is 0 Å². The number of aromatic nitrogens is 1. The van der Waals surface area contributed by atoms with Gasteiger partial charge in [0.05, 0.1) is 19.0 Å². The maximum absolute atomic E-state index is 12.4. The quantitative estimate of drug-likeness (QED) is 0.593. The van der Waals surface area contributed by atoms with Crippen molar-refractivity contribution in [3.63, 3.8) is 0 Å². The summed E-state index contributed by atoms with van der Waals surface area (Å²) in [4.78, 5) is 16.6. The van der Waals surface area contributed by atoms with Gasteiger partial charge in [0.2, 0.25) is 0 Å². The van der Waals surface area contributed by atoms with Gasteiger partial charge in [0.15, 0.2) is 0 Å². The van der Waals surface area contributed by atoms with Gasteiger partial charge in [-0.05, 0) is 60.9 Å². The Hall–Kier alpha value is -3.05. The minimum atomic E-state index is -0.258. The number of carbonyl (C=O) groups is 1. The molecule has 1 amide bonds. The van der Waals surface area contributed by atoms with E-state index in [2.05, 4.69) is 15.6 Å². The molecule has 5 nitrogen and oxygen atoms in total. The molecule has 0 saturated carbocycles. The molecule has 0 bridgehead atoms.